The fourth-order valence-corrected chi connectivity index (χ4v) is 1.91. The second kappa shape index (κ2) is 3.76. The Bertz CT molecular complexity index is 175. The van der Waals surface area contributed by atoms with Crippen LogP contribution in [0.5, 0.6) is 0 Å². The number of carbonyl (C=O) groups is 2. The summed E-state index contributed by atoms with van der Waals surface area (Å²) >= 11 is 1.73. The van der Waals surface area contributed by atoms with Crippen LogP contribution in [0.2, 0.25) is 0 Å². The third kappa shape index (κ3) is 2.54. The Balaban J connectivity index is 2.34. The minimum Gasteiger partial charge on any atom is -0.332 e. The van der Waals surface area contributed by atoms with Crippen LogP contribution in [0.1, 0.15) is 13.3 Å². The molecular weight excluding hydrogens is 162 g/mol. The van der Waals surface area contributed by atoms with E-state index in [1.165, 1.54) is 6.92 Å². The number of nitrogens with zero attached hydrogens (tertiary/aromatic N) is 1. The van der Waals surface area contributed by atoms with Crippen LogP contribution in [0.3, 0.4) is 0 Å². The maximum atomic E-state index is 11.1. The van der Waals surface area contributed by atoms with Crippen molar-refractivity contribution in [1.82, 2.24) is 4.90 Å². The number of Topliss-reactive ketones (excluding diaryl/α,β-unsaturated/α-hetero) is 1. The zero-order chi connectivity index (χ0) is 8.27. The van der Waals surface area contributed by atoms with Crippen molar-refractivity contribution in [2.75, 3.05) is 18.2 Å². The Kier molecular flexibility index (Phi) is 2.93. The SMILES string of the molecule is CC(=O)CC(=O)N1CCSC1. The number of hydrogen-bond acceptors (Lipinski definition) is 3. The van der Waals surface area contributed by atoms with E-state index < -0.39 is 0 Å². The standard InChI is InChI=1S/C7H11NO2S/c1-6(9)4-7(10)8-2-3-11-5-8/h2-5H2,1H3. The predicted octanol–water partition coefficient (Wildman–Crippen LogP) is 0.498. The van der Waals surface area contributed by atoms with Gasteiger partial charge in [-0.3, -0.25) is 9.59 Å². The predicted molar refractivity (Wildman–Crippen MR) is 44.3 cm³/mol. The van der Waals surface area contributed by atoms with Crippen LogP contribution in [0.4, 0.5) is 0 Å². The molecule has 1 aliphatic rings. The third-order valence-electron chi connectivity index (χ3n) is 1.51. The van der Waals surface area contributed by atoms with Crippen LogP contribution in [0.25, 0.3) is 0 Å². The average Bonchev–Trinajstić information content (AvgIpc) is 2.35. The van der Waals surface area contributed by atoms with Gasteiger partial charge in [-0.15, -0.1) is 11.8 Å². The maximum absolute atomic E-state index is 11.1. The molecule has 3 nitrogen and oxygen atoms in total. The van der Waals surface area contributed by atoms with E-state index in [0.29, 0.717) is 0 Å². The fourth-order valence-electron chi connectivity index (χ4n) is 0.935. The highest BCUT2D eigenvalue weighted by molar-refractivity contribution is 7.99. The second-order valence-corrected chi connectivity index (χ2v) is 3.65. The van der Waals surface area contributed by atoms with Crippen molar-refractivity contribution in [3.8, 4) is 0 Å². The van der Waals surface area contributed by atoms with Gasteiger partial charge in [-0.25, -0.2) is 0 Å². The van der Waals surface area contributed by atoms with Crippen molar-refractivity contribution in [2.45, 2.75) is 13.3 Å². The summed E-state index contributed by atoms with van der Waals surface area (Å²) in [6.45, 7) is 2.25. The van der Waals surface area contributed by atoms with E-state index in [-0.39, 0.29) is 18.1 Å². The van der Waals surface area contributed by atoms with Crippen LogP contribution in [-0.2, 0) is 9.59 Å². The fraction of sp³-hybridized carbons (Fsp3) is 0.714. The van der Waals surface area contributed by atoms with Crippen molar-refractivity contribution in [2.24, 2.45) is 0 Å². The molecule has 0 aromatic carbocycles. The highest BCUT2D eigenvalue weighted by Crippen LogP contribution is 2.13. The summed E-state index contributed by atoms with van der Waals surface area (Å²) in [5, 5.41) is 0. The molecule has 0 aromatic rings. The molecule has 0 N–H and O–H groups in total. The minimum atomic E-state index is -0.0492. The average molecular weight is 173 g/mol. The lowest BCUT2D eigenvalue weighted by Gasteiger charge is -2.12. The summed E-state index contributed by atoms with van der Waals surface area (Å²) in [5.74, 6) is 1.69. The third-order valence-corrected chi connectivity index (χ3v) is 2.47. The van der Waals surface area contributed by atoms with Gasteiger partial charge in [-0.2, -0.15) is 0 Å². The molecule has 0 bridgehead atoms. The zero-order valence-electron chi connectivity index (χ0n) is 6.50. The summed E-state index contributed by atoms with van der Waals surface area (Å²) in [6.07, 6.45) is 0.0700. The van der Waals surface area contributed by atoms with Gasteiger partial charge in [0.15, 0.2) is 0 Å². The van der Waals surface area contributed by atoms with Gasteiger partial charge in [0.2, 0.25) is 5.91 Å². The van der Waals surface area contributed by atoms with E-state index in [0.717, 1.165) is 18.2 Å². The van der Waals surface area contributed by atoms with E-state index in [9.17, 15) is 9.59 Å². The van der Waals surface area contributed by atoms with E-state index >= 15 is 0 Å². The van der Waals surface area contributed by atoms with Crippen LogP contribution in [0.15, 0.2) is 0 Å². The van der Waals surface area contributed by atoms with Gasteiger partial charge in [0, 0.05) is 12.3 Å². The number of hydrogen-bond donors (Lipinski definition) is 0. The first kappa shape index (κ1) is 8.59. The van der Waals surface area contributed by atoms with Crippen molar-refractivity contribution < 1.29 is 9.59 Å². The Morgan fingerprint density at radius 1 is 1.55 bits per heavy atom. The van der Waals surface area contributed by atoms with Crippen LogP contribution >= 0.6 is 11.8 Å². The number of carbonyl (C=O) groups excluding carboxylic acids is 2. The Labute approximate surface area is 70.1 Å². The Morgan fingerprint density at radius 2 is 2.27 bits per heavy atom. The molecule has 62 valence electrons. The highest BCUT2D eigenvalue weighted by atomic mass is 32.2. The first-order valence-corrected chi connectivity index (χ1v) is 4.70. The molecule has 1 aliphatic heterocycles. The second-order valence-electron chi connectivity index (χ2n) is 2.57. The topological polar surface area (TPSA) is 37.4 Å². The molecule has 0 radical (unpaired) electrons. The maximum Gasteiger partial charge on any atom is 0.230 e. The molecule has 0 aliphatic carbocycles. The van der Waals surface area contributed by atoms with E-state index in [4.69, 9.17) is 0 Å². The normalized spacial score (nSPS) is 17.0. The molecule has 11 heavy (non-hydrogen) atoms. The van der Waals surface area contributed by atoms with Crippen LogP contribution < -0.4 is 0 Å². The lowest BCUT2D eigenvalue weighted by molar-refractivity contribution is -0.133. The monoisotopic (exact) mass is 173 g/mol. The van der Waals surface area contributed by atoms with E-state index in [2.05, 4.69) is 0 Å². The Morgan fingerprint density at radius 3 is 2.73 bits per heavy atom. The van der Waals surface area contributed by atoms with Gasteiger partial charge in [0.25, 0.3) is 0 Å². The number of thioether (sulfide) groups is 1. The lowest BCUT2D eigenvalue weighted by Crippen LogP contribution is -2.28. The molecule has 0 aromatic heterocycles. The van der Waals surface area contributed by atoms with Crippen molar-refractivity contribution >= 4 is 23.5 Å². The molecule has 0 unspecified atom stereocenters. The first-order chi connectivity index (χ1) is 5.20. The number of rotatable bonds is 2. The van der Waals surface area contributed by atoms with Crippen LogP contribution in [-0.4, -0.2) is 34.8 Å². The van der Waals surface area contributed by atoms with Gasteiger partial charge in [0.05, 0.1) is 12.3 Å². The largest absolute Gasteiger partial charge is 0.332 e. The van der Waals surface area contributed by atoms with Gasteiger partial charge >= 0.3 is 0 Å². The molecule has 1 saturated heterocycles. The lowest BCUT2D eigenvalue weighted by atomic mass is 10.3. The summed E-state index contributed by atoms with van der Waals surface area (Å²) in [5.41, 5.74) is 0. The minimum absolute atomic E-state index is 0.0255. The van der Waals surface area contributed by atoms with E-state index in [1.807, 2.05) is 0 Å². The van der Waals surface area contributed by atoms with Crippen molar-refractivity contribution in [3.05, 3.63) is 0 Å². The van der Waals surface area contributed by atoms with Gasteiger partial charge < -0.3 is 4.90 Å². The zero-order valence-corrected chi connectivity index (χ0v) is 7.32. The molecule has 0 atom stereocenters. The molecular formula is C7H11NO2S. The van der Waals surface area contributed by atoms with Gasteiger partial charge in [-0.1, -0.05) is 0 Å². The summed E-state index contributed by atoms with van der Waals surface area (Å²) in [4.78, 5) is 23.4. The Hall–Kier alpha value is -0.510. The first-order valence-electron chi connectivity index (χ1n) is 3.55. The summed E-state index contributed by atoms with van der Waals surface area (Å²) < 4.78 is 0. The van der Waals surface area contributed by atoms with Gasteiger partial charge in [0.1, 0.15) is 5.78 Å². The molecule has 1 rings (SSSR count). The summed E-state index contributed by atoms with van der Waals surface area (Å²) in [7, 11) is 0. The highest BCUT2D eigenvalue weighted by Gasteiger charge is 2.18. The van der Waals surface area contributed by atoms with Crippen molar-refractivity contribution in [1.29, 1.82) is 0 Å². The molecule has 1 fully saturated rings. The smallest absolute Gasteiger partial charge is 0.230 e. The molecule has 0 saturated carbocycles. The van der Waals surface area contributed by atoms with E-state index in [1.54, 1.807) is 16.7 Å². The van der Waals surface area contributed by atoms with Crippen molar-refractivity contribution in [3.63, 3.8) is 0 Å². The quantitative estimate of drug-likeness (QED) is 0.571. The molecule has 0 spiro atoms. The number of ketones is 1. The molecule has 4 heteroatoms. The molecule has 1 amide bonds. The van der Waals surface area contributed by atoms with Crippen LogP contribution in [0, 0.1) is 0 Å². The number of amides is 1. The molecule has 1 heterocycles. The van der Waals surface area contributed by atoms with Gasteiger partial charge in [-0.05, 0) is 6.92 Å². The summed E-state index contributed by atoms with van der Waals surface area (Å²) in [6, 6.07) is 0.